The zero-order valence-corrected chi connectivity index (χ0v) is 11.5. The highest BCUT2D eigenvalue weighted by Gasteiger charge is 3.22. The van der Waals surface area contributed by atoms with Gasteiger partial charge < -0.3 is 4.74 Å². The Morgan fingerprint density at radius 3 is 0.556 bits per heavy atom. The van der Waals surface area contributed by atoms with Crippen molar-refractivity contribution in [2.75, 3.05) is 0 Å². The van der Waals surface area contributed by atoms with Gasteiger partial charge in [0.1, 0.15) is 0 Å². The summed E-state index contributed by atoms with van der Waals surface area (Å²) in [5.74, 6) is -60.9. The molecule has 0 amide bonds. The van der Waals surface area contributed by atoms with Crippen LogP contribution in [-0.2, 0) is 4.74 Å². The molecule has 2 aliphatic carbocycles. The van der Waals surface area contributed by atoms with Crippen LogP contribution in [0.5, 0.6) is 0 Å². The summed E-state index contributed by atoms with van der Waals surface area (Å²) in [7, 11) is 0. The quantitative estimate of drug-likeness (QED) is 0.397. The largest absolute Gasteiger partial charge is 0.381 e. The van der Waals surface area contributed by atoms with Gasteiger partial charge in [-0.3, -0.25) is 0 Å². The number of alkyl halides is 16. The lowest BCUT2D eigenvalue weighted by Crippen LogP contribution is -2.90. The molecule has 0 aromatic carbocycles. The SMILES string of the molecule is FC1(F)C(F)(F)C(F)(F)C23OC2(C1(F)F)C(F)(F)C(F)(F)C(F)(F)C3(F)F. The number of halogens is 16. The van der Waals surface area contributed by atoms with Gasteiger partial charge in [-0.05, 0) is 0 Å². The Morgan fingerprint density at radius 1 is 0.259 bits per heavy atom. The molecule has 158 valence electrons. The fourth-order valence-electron chi connectivity index (χ4n) is 3.41. The Morgan fingerprint density at radius 2 is 0.407 bits per heavy atom. The van der Waals surface area contributed by atoms with Crippen molar-refractivity contribution >= 4 is 0 Å². The van der Waals surface area contributed by atoms with Crippen LogP contribution in [0, 0.1) is 0 Å². The van der Waals surface area contributed by atoms with E-state index < -0.39 is 58.6 Å². The van der Waals surface area contributed by atoms with Crippen molar-refractivity contribution in [2.45, 2.75) is 58.6 Å². The smallest absolute Gasteiger partial charge is 0.337 e. The highest BCUT2D eigenvalue weighted by Crippen LogP contribution is 2.88. The molecule has 0 N–H and O–H groups in total. The molecule has 27 heavy (non-hydrogen) atoms. The van der Waals surface area contributed by atoms with E-state index in [1.54, 1.807) is 0 Å². The van der Waals surface area contributed by atoms with E-state index in [0.29, 0.717) is 0 Å². The van der Waals surface area contributed by atoms with Crippen molar-refractivity contribution in [3.8, 4) is 0 Å². The highest BCUT2D eigenvalue weighted by atomic mass is 19.4. The van der Waals surface area contributed by atoms with E-state index in [0.717, 1.165) is 0 Å². The van der Waals surface area contributed by atoms with Crippen LogP contribution >= 0.6 is 0 Å². The van der Waals surface area contributed by atoms with Crippen LogP contribution in [0.1, 0.15) is 0 Å². The first-order valence-corrected chi connectivity index (χ1v) is 6.18. The van der Waals surface area contributed by atoms with Gasteiger partial charge in [-0.25, -0.2) is 0 Å². The van der Waals surface area contributed by atoms with E-state index in [2.05, 4.69) is 4.74 Å². The van der Waals surface area contributed by atoms with Gasteiger partial charge in [-0.1, -0.05) is 0 Å². The number of epoxide rings is 1. The molecule has 1 nitrogen and oxygen atoms in total. The molecule has 0 spiro atoms. The minimum atomic E-state index is -7.67. The predicted molar refractivity (Wildman–Crippen MR) is 46.1 cm³/mol. The maximum absolute atomic E-state index is 13.7. The molecule has 3 rings (SSSR count). The molecule has 1 aliphatic heterocycles. The first-order chi connectivity index (χ1) is 11.5. The van der Waals surface area contributed by atoms with E-state index in [-0.39, 0.29) is 0 Å². The van der Waals surface area contributed by atoms with Crippen molar-refractivity contribution < 1.29 is 75.0 Å². The summed E-state index contributed by atoms with van der Waals surface area (Å²) in [5.41, 5.74) is -13.5. The maximum atomic E-state index is 13.7. The molecule has 0 radical (unpaired) electrons. The van der Waals surface area contributed by atoms with Crippen molar-refractivity contribution in [1.29, 1.82) is 0 Å². The molecule has 1 heterocycles. The number of hydrogen-bond donors (Lipinski definition) is 0. The maximum Gasteiger partial charge on any atom is 0.381 e. The third-order valence-electron chi connectivity index (χ3n) is 4.90. The summed E-state index contributed by atoms with van der Waals surface area (Å²) in [6, 6.07) is 0. The van der Waals surface area contributed by atoms with Crippen LogP contribution in [0.25, 0.3) is 0 Å². The second-order valence-electron chi connectivity index (χ2n) is 6.06. The second kappa shape index (κ2) is 3.94. The summed E-state index contributed by atoms with van der Waals surface area (Å²) >= 11 is 0. The summed E-state index contributed by atoms with van der Waals surface area (Å²) in [5, 5.41) is 0. The van der Waals surface area contributed by atoms with E-state index >= 15 is 0 Å². The molecular formula is C10F16O. The fraction of sp³-hybridized carbons (Fsp3) is 1.00. The predicted octanol–water partition coefficient (Wildman–Crippen LogP) is 4.60. The fourth-order valence-corrected chi connectivity index (χ4v) is 3.41. The summed E-state index contributed by atoms with van der Waals surface area (Å²) in [4.78, 5) is 0. The molecule has 1 saturated heterocycles. The van der Waals surface area contributed by atoms with Gasteiger partial charge in [0.25, 0.3) is 11.2 Å². The standard InChI is InChI=1S/C10F16O/c11-3(12)1-2(27-1,5(15,16)9(23,24)7(3,19)20)6(17,18)10(25,26)8(21,22)4(1,13)14. The van der Waals surface area contributed by atoms with Crippen molar-refractivity contribution in [2.24, 2.45) is 0 Å². The first kappa shape index (κ1) is 20.6. The van der Waals surface area contributed by atoms with Crippen LogP contribution in [0.15, 0.2) is 0 Å². The van der Waals surface area contributed by atoms with Gasteiger partial charge in [-0.2, -0.15) is 70.2 Å². The molecule has 0 aromatic rings. The molecule has 3 fully saturated rings. The molecule has 0 atom stereocenters. The van der Waals surface area contributed by atoms with Gasteiger partial charge in [0.05, 0.1) is 0 Å². The Kier molecular flexibility index (Phi) is 3.00. The Hall–Kier alpha value is -1.16. The Balaban J connectivity index is 2.54. The topological polar surface area (TPSA) is 12.5 Å². The third-order valence-corrected chi connectivity index (χ3v) is 4.90. The van der Waals surface area contributed by atoms with Crippen molar-refractivity contribution in [3.63, 3.8) is 0 Å². The van der Waals surface area contributed by atoms with E-state index in [4.69, 9.17) is 0 Å². The zero-order valence-electron chi connectivity index (χ0n) is 11.5. The molecule has 17 heteroatoms. The summed E-state index contributed by atoms with van der Waals surface area (Å²) in [6.07, 6.45) is 0. The molecule has 2 saturated carbocycles. The monoisotopic (exact) mass is 440 g/mol. The summed E-state index contributed by atoms with van der Waals surface area (Å²) < 4.78 is 218. The van der Waals surface area contributed by atoms with Crippen molar-refractivity contribution in [1.82, 2.24) is 0 Å². The minimum absolute atomic E-state index is 2.50. The molecule has 0 unspecified atom stereocenters. The molecule has 0 bridgehead atoms. The van der Waals surface area contributed by atoms with Gasteiger partial charge in [-0.15, -0.1) is 0 Å². The number of ether oxygens (including phenoxy) is 1. The Bertz CT molecular complexity index is 607. The lowest BCUT2D eigenvalue weighted by atomic mass is 9.58. The van der Waals surface area contributed by atoms with E-state index in [1.165, 1.54) is 0 Å². The van der Waals surface area contributed by atoms with Gasteiger partial charge in [0.15, 0.2) is 0 Å². The van der Waals surface area contributed by atoms with Crippen LogP contribution in [0.3, 0.4) is 0 Å². The third kappa shape index (κ3) is 1.25. The number of rotatable bonds is 0. The van der Waals surface area contributed by atoms with E-state index in [1.807, 2.05) is 0 Å². The van der Waals surface area contributed by atoms with Crippen molar-refractivity contribution in [3.05, 3.63) is 0 Å². The molecule has 0 aromatic heterocycles. The lowest BCUT2D eigenvalue weighted by Gasteiger charge is -2.54. The minimum Gasteiger partial charge on any atom is -0.337 e. The van der Waals surface area contributed by atoms with Crippen LogP contribution < -0.4 is 0 Å². The average molecular weight is 440 g/mol. The van der Waals surface area contributed by atoms with Crippen LogP contribution in [0.2, 0.25) is 0 Å². The summed E-state index contributed by atoms with van der Waals surface area (Å²) in [6.45, 7) is 0. The highest BCUT2D eigenvalue weighted by molar-refractivity contribution is 5.50. The lowest BCUT2D eigenvalue weighted by molar-refractivity contribution is -0.479. The Labute approximate surface area is 135 Å². The second-order valence-corrected chi connectivity index (χ2v) is 6.06. The average Bonchev–Trinajstić information content (AvgIpc) is 3.19. The normalized spacial score (nSPS) is 45.3. The van der Waals surface area contributed by atoms with Gasteiger partial charge in [0.2, 0.25) is 0 Å². The van der Waals surface area contributed by atoms with Crippen LogP contribution in [-0.4, -0.2) is 58.6 Å². The van der Waals surface area contributed by atoms with Gasteiger partial charge in [0, 0.05) is 0 Å². The number of hydrogen-bond acceptors (Lipinski definition) is 1. The van der Waals surface area contributed by atoms with Crippen LogP contribution in [0.4, 0.5) is 70.2 Å². The van der Waals surface area contributed by atoms with Gasteiger partial charge >= 0.3 is 47.4 Å². The molecular weight excluding hydrogens is 440 g/mol. The first-order valence-electron chi connectivity index (χ1n) is 6.18. The van der Waals surface area contributed by atoms with E-state index in [9.17, 15) is 70.2 Å². The molecule has 3 aliphatic rings. The zero-order chi connectivity index (χ0) is 21.7.